The Kier molecular flexibility index (Phi) is 11.3. The molecule has 4 amide bonds. The Bertz CT molecular complexity index is 2610. The fraction of sp³-hybridized carbons (Fsp3) is 0.531. The number of rotatable bonds is 7. The van der Waals surface area contributed by atoms with E-state index < -0.39 is 40.7 Å². The molecule has 4 aromatic rings. The summed E-state index contributed by atoms with van der Waals surface area (Å²) in [5.41, 5.74) is 2.08. The number of imide groups is 1. The van der Waals surface area contributed by atoms with Gasteiger partial charge in [0.15, 0.2) is 0 Å². The third kappa shape index (κ3) is 6.85. The summed E-state index contributed by atoms with van der Waals surface area (Å²) in [7, 11) is 3.70. The molecule has 4 aliphatic heterocycles. The number of carbonyl (C=O) groups is 4. The van der Waals surface area contributed by atoms with Crippen LogP contribution in [0.2, 0.25) is 10.0 Å². The number of anilines is 1. The number of fused-ring (bicyclic) bond motifs is 4. The lowest BCUT2D eigenvalue weighted by Crippen LogP contribution is -2.60. The summed E-state index contributed by atoms with van der Waals surface area (Å²) < 4.78 is 19.6. The molecule has 4 atom stereocenters. The molecular weight excluding hydrogens is 856 g/mol. The minimum atomic E-state index is -1.25. The van der Waals surface area contributed by atoms with Crippen molar-refractivity contribution in [1.29, 1.82) is 0 Å². The van der Waals surface area contributed by atoms with Crippen LogP contribution >= 0.6 is 23.2 Å². The van der Waals surface area contributed by atoms with Crippen LogP contribution < -0.4 is 21.6 Å². The van der Waals surface area contributed by atoms with Gasteiger partial charge in [0, 0.05) is 48.2 Å². The molecule has 0 radical (unpaired) electrons. The van der Waals surface area contributed by atoms with Gasteiger partial charge >= 0.3 is 5.69 Å². The van der Waals surface area contributed by atoms with E-state index in [1.165, 1.54) is 16.2 Å². The van der Waals surface area contributed by atoms with E-state index in [1.807, 2.05) is 19.2 Å². The first kappa shape index (κ1) is 43.3. The van der Waals surface area contributed by atoms with Gasteiger partial charge in [0.1, 0.15) is 17.3 Å². The normalized spacial score (nSPS) is 28.8. The first-order valence-electron chi connectivity index (χ1n) is 23.2. The molecule has 3 saturated heterocycles. The summed E-state index contributed by atoms with van der Waals surface area (Å²) in [5.74, 6) is -1.73. The third-order valence-electron chi connectivity index (χ3n) is 16.3. The summed E-state index contributed by atoms with van der Waals surface area (Å²) in [6.07, 6.45) is 10.4. The molecule has 12 nitrogen and oxygen atoms in total. The Morgan fingerprint density at radius 1 is 0.859 bits per heavy atom. The van der Waals surface area contributed by atoms with Gasteiger partial charge in [0.2, 0.25) is 23.6 Å². The van der Waals surface area contributed by atoms with Crippen LogP contribution in [-0.4, -0.2) is 86.9 Å². The lowest BCUT2D eigenvalue weighted by Gasteiger charge is -2.49. The molecule has 1 unspecified atom stereocenters. The highest BCUT2D eigenvalue weighted by molar-refractivity contribution is 6.31. The van der Waals surface area contributed by atoms with E-state index in [-0.39, 0.29) is 46.5 Å². The zero-order chi connectivity index (χ0) is 44.7. The van der Waals surface area contributed by atoms with Crippen LogP contribution in [0.5, 0.6) is 0 Å². The molecule has 3 aromatic carbocycles. The number of amides is 4. The summed E-state index contributed by atoms with van der Waals surface area (Å²) in [5, 5.41) is 9.41. The second-order valence-corrected chi connectivity index (χ2v) is 20.3. The van der Waals surface area contributed by atoms with E-state index in [1.54, 1.807) is 35.9 Å². The van der Waals surface area contributed by atoms with Crippen molar-refractivity contribution in [2.75, 3.05) is 32.0 Å². The monoisotopic (exact) mass is 911 g/mol. The maximum absolute atomic E-state index is 16.5. The lowest BCUT2D eigenvalue weighted by molar-refractivity contribution is -0.136. The van der Waals surface area contributed by atoms with Gasteiger partial charge < -0.3 is 15.5 Å². The third-order valence-corrected chi connectivity index (χ3v) is 16.8. The topological polar surface area (TPSA) is 138 Å². The fourth-order valence-corrected chi connectivity index (χ4v) is 13.6. The van der Waals surface area contributed by atoms with Crippen molar-refractivity contribution in [3.8, 4) is 0 Å². The van der Waals surface area contributed by atoms with Crippen LogP contribution in [0.25, 0.3) is 11.0 Å². The molecule has 2 spiro atoms. The number of benzene rings is 3. The van der Waals surface area contributed by atoms with Crippen molar-refractivity contribution in [1.82, 2.24) is 29.6 Å². The smallest absolute Gasteiger partial charge is 0.329 e. The van der Waals surface area contributed by atoms with Gasteiger partial charge in [-0.15, -0.1) is 0 Å². The molecule has 6 aliphatic rings. The highest BCUT2D eigenvalue weighted by Gasteiger charge is 2.74. The number of aryl methyl sites for hydroxylation is 1. The standard InChI is InChI=1S/C49H56Cl2FN7O5/c1-56-39-25-30(11-16-37(39)59(47(56)64)38-17-18-40(60)55-44(38)61)29-19-23-58(24-20-29)27-28-9-13-32(14-10-28)53-45(62)43-41(33-7-6-8-35(51)42(33)52)49(48(57(43)2)21-4-3-5-22-48)34-15-12-31(50)26-36(34)54-46(49)63/h6-8,11-12,15-16,25-26,28-29,32,38,41,43H,3-5,9-10,13-14,17-24,27H2,1-2H3,(H,53,62)(H,54,63)(H,55,60,61)/t28?,32?,38?,41-,43+,49+/m0/s1. The number of likely N-dealkylation sites (tertiary alicyclic amines) is 2. The van der Waals surface area contributed by atoms with Crippen molar-refractivity contribution >= 4 is 63.6 Å². The second kappa shape index (κ2) is 16.7. The van der Waals surface area contributed by atoms with Crippen molar-refractivity contribution in [2.24, 2.45) is 13.0 Å². The number of likely N-dealkylation sites (N-methyl/N-ethyl adjacent to an activating group) is 1. The molecular formula is C49H56Cl2FN7O5. The minimum Gasteiger partial charge on any atom is -0.352 e. The number of piperidine rings is 2. The number of nitrogens with one attached hydrogen (secondary N) is 3. The van der Waals surface area contributed by atoms with E-state index in [9.17, 15) is 24.0 Å². The van der Waals surface area contributed by atoms with E-state index >= 15 is 4.39 Å². The Hall–Kier alpha value is -4.56. The van der Waals surface area contributed by atoms with Crippen LogP contribution in [-0.2, 0) is 31.6 Å². The van der Waals surface area contributed by atoms with Gasteiger partial charge in [0.05, 0.1) is 22.1 Å². The molecule has 338 valence electrons. The molecule has 1 aromatic heterocycles. The van der Waals surface area contributed by atoms with Gasteiger partial charge in [-0.1, -0.05) is 66.7 Å². The quantitative estimate of drug-likeness (QED) is 0.166. The van der Waals surface area contributed by atoms with Gasteiger partial charge in [-0.25, -0.2) is 9.18 Å². The highest BCUT2D eigenvalue weighted by atomic mass is 35.5. The van der Waals surface area contributed by atoms with Crippen LogP contribution in [0.1, 0.15) is 118 Å². The summed E-state index contributed by atoms with van der Waals surface area (Å²) >= 11 is 13.0. The lowest BCUT2D eigenvalue weighted by atomic mass is 9.55. The summed E-state index contributed by atoms with van der Waals surface area (Å²) in [6, 6.07) is 14.9. The maximum atomic E-state index is 16.5. The van der Waals surface area contributed by atoms with E-state index in [2.05, 4.69) is 37.9 Å². The van der Waals surface area contributed by atoms with Crippen LogP contribution in [0.4, 0.5) is 10.1 Å². The van der Waals surface area contributed by atoms with E-state index in [4.69, 9.17) is 23.2 Å². The van der Waals surface area contributed by atoms with E-state index in [0.29, 0.717) is 47.3 Å². The first-order chi connectivity index (χ1) is 30.8. The van der Waals surface area contributed by atoms with Gasteiger partial charge in [-0.2, -0.15) is 0 Å². The predicted octanol–water partition coefficient (Wildman–Crippen LogP) is 7.31. The second-order valence-electron chi connectivity index (χ2n) is 19.4. The largest absolute Gasteiger partial charge is 0.352 e. The Labute approximate surface area is 382 Å². The van der Waals surface area contributed by atoms with Gasteiger partial charge in [-0.05, 0) is 137 Å². The number of hydrogen-bond acceptors (Lipinski definition) is 7. The molecule has 2 aliphatic carbocycles. The SMILES string of the molecule is CN1[C@@H](C(=O)NC2CCC(CN3CCC(c4ccc5c(c4)n(C)c(=O)n5C4CCC(=O)NC4=O)CC3)CC2)[C@H](c2cccc(Cl)c2F)[C@]2(C(=O)Nc3cc(Cl)ccc32)C12CCCCC2. The number of hydrogen-bond donors (Lipinski definition) is 3. The summed E-state index contributed by atoms with van der Waals surface area (Å²) in [4.78, 5) is 72.3. The van der Waals surface area contributed by atoms with Crippen molar-refractivity contribution in [3.63, 3.8) is 0 Å². The van der Waals surface area contributed by atoms with Crippen molar-refractivity contribution < 1.29 is 23.6 Å². The van der Waals surface area contributed by atoms with Crippen molar-refractivity contribution in [2.45, 2.75) is 124 Å². The number of aromatic nitrogens is 2. The maximum Gasteiger partial charge on any atom is 0.329 e. The average molecular weight is 913 g/mol. The molecule has 15 heteroatoms. The Balaban J connectivity index is 0.813. The number of imidazole rings is 1. The zero-order valence-electron chi connectivity index (χ0n) is 36.4. The number of halogens is 3. The molecule has 3 N–H and O–H groups in total. The number of nitrogens with zero attached hydrogens (tertiary/aromatic N) is 4. The average Bonchev–Trinajstić information content (AvgIpc) is 3.80. The number of carbonyl (C=O) groups excluding carboxylic acids is 4. The molecule has 5 heterocycles. The zero-order valence-corrected chi connectivity index (χ0v) is 37.9. The van der Waals surface area contributed by atoms with E-state index in [0.717, 1.165) is 88.5 Å². The Morgan fingerprint density at radius 2 is 1.61 bits per heavy atom. The van der Waals surface area contributed by atoms with Crippen LogP contribution in [0.3, 0.4) is 0 Å². The molecule has 64 heavy (non-hydrogen) atoms. The molecule has 0 bridgehead atoms. The highest BCUT2D eigenvalue weighted by Crippen LogP contribution is 2.66. The molecule has 5 fully saturated rings. The van der Waals surface area contributed by atoms with Gasteiger partial charge in [-0.3, -0.25) is 38.5 Å². The fourth-order valence-electron chi connectivity index (χ4n) is 13.2. The van der Waals surface area contributed by atoms with Crippen LogP contribution in [0, 0.1) is 11.7 Å². The molecule has 2 saturated carbocycles. The minimum absolute atomic E-state index is 0.0363. The first-order valence-corrected chi connectivity index (χ1v) is 23.9. The van der Waals surface area contributed by atoms with Gasteiger partial charge in [0.25, 0.3) is 0 Å². The van der Waals surface area contributed by atoms with Crippen molar-refractivity contribution in [3.05, 3.63) is 97.6 Å². The summed E-state index contributed by atoms with van der Waals surface area (Å²) in [6.45, 7) is 2.94. The predicted molar refractivity (Wildman–Crippen MR) is 244 cm³/mol. The molecule has 10 rings (SSSR count). The van der Waals surface area contributed by atoms with Crippen LogP contribution in [0.15, 0.2) is 59.4 Å². The Morgan fingerprint density at radius 3 is 2.34 bits per heavy atom.